The molecular weight excluding hydrogens is 270 g/mol. The summed E-state index contributed by atoms with van der Waals surface area (Å²) in [7, 11) is -3.20. The number of rotatable bonds is 8. The molecule has 0 rings (SSSR count). The zero-order valence-corrected chi connectivity index (χ0v) is 10.3. The Morgan fingerprint density at radius 2 is 1.83 bits per heavy atom. The third kappa shape index (κ3) is 6.81. The van der Waals surface area contributed by atoms with Crippen molar-refractivity contribution in [3.8, 4) is 0 Å². The Morgan fingerprint density at radius 1 is 1.28 bits per heavy atom. The van der Waals surface area contributed by atoms with Crippen LogP contribution in [0.2, 0.25) is 0 Å². The Bertz CT molecular complexity index is 428. The number of hydrogen-bond acceptors (Lipinski definition) is 6. The van der Waals surface area contributed by atoms with Crippen LogP contribution in [0.5, 0.6) is 0 Å². The van der Waals surface area contributed by atoms with E-state index >= 15 is 0 Å². The van der Waals surface area contributed by atoms with Crippen molar-refractivity contribution in [1.82, 2.24) is 4.72 Å². The summed E-state index contributed by atoms with van der Waals surface area (Å²) in [6, 6.07) is -1.60. The van der Waals surface area contributed by atoms with E-state index in [9.17, 15) is 22.8 Å². The Balaban J connectivity index is 4.62. The van der Waals surface area contributed by atoms with Gasteiger partial charge in [-0.2, -0.15) is 0 Å². The van der Waals surface area contributed by atoms with Crippen LogP contribution >= 0.6 is 0 Å². The van der Waals surface area contributed by atoms with Crippen LogP contribution in [0.4, 0.5) is 0 Å². The van der Waals surface area contributed by atoms with Gasteiger partial charge in [-0.1, -0.05) is 0 Å². The van der Waals surface area contributed by atoms with Gasteiger partial charge in [-0.3, -0.25) is 14.4 Å². The minimum Gasteiger partial charge on any atom is -0.481 e. The molecule has 104 valence electrons. The summed E-state index contributed by atoms with van der Waals surface area (Å²) in [6.45, 7) is 0. The maximum atomic E-state index is 11.3. The summed E-state index contributed by atoms with van der Waals surface area (Å²) < 4.78 is 28.5. The number of carbonyl (C=O) groups is 3. The summed E-state index contributed by atoms with van der Waals surface area (Å²) in [4.78, 5) is 31.7. The van der Waals surface area contributed by atoms with Crippen LogP contribution < -0.4 is 4.72 Å². The molecule has 0 saturated carbocycles. The summed E-state index contributed by atoms with van der Waals surface area (Å²) >= 11 is 0. The Kier molecular flexibility index (Phi) is 6.27. The fourth-order valence-corrected chi connectivity index (χ4v) is 2.14. The van der Waals surface area contributed by atoms with Crippen molar-refractivity contribution in [3.63, 3.8) is 0 Å². The highest BCUT2D eigenvalue weighted by atomic mass is 32.2. The van der Waals surface area contributed by atoms with Gasteiger partial charge in [0.2, 0.25) is 10.0 Å². The van der Waals surface area contributed by atoms with Crippen molar-refractivity contribution in [3.05, 3.63) is 0 Å². The molecule has 18 heavy (non-hydrogen) atoms. The normalized spacial score (nSPS) is 12.7. The maximum absolute atomic E-state index is 11.3. The summed E-state index contributed by atoms with van der Waals surface area (Å²) in [5, 5.41) is 17.1. The molecule has 0 aromatic rings. The van der Waals surface area contributed by atoms with Crippen molar-refractivity contribution in [2.24, 2.45) is 0 Å². The highest BCUT2D eigenvalue weighted by Gasteiger charge is 2.26. The van der Waals surface area contributed by atoms with E-state index in [0.717, 1.165) is 7.11 Å². The lowest BCUT2D eigenvalue weighted by Crippen LogP contribution is -2.43. The van der Waals surface area contributed by atoms with E-state index in [1.165, 1.54) is 0 Å². The van der Waals surface area contributed by atoms with Gasteiger partial charge >= 0.3 is 17.9 Å². The predicted octanol–water partition coefficient (Wildman–Crippen LogP) is -1.60. The third-order valence-corrected chi connectivity index (χ3v) is 3.06. The van der Waals surface area contributed by atoms with Crippen LogP contribution in [-0.2, 0) is 29.1 Å². The fourth-order valence-electron chi connectivity index (χ4n) is 0.973. The van der Waals surface area contributed by atoms with Crippen LogP contribution in [-0.4, -0.2) is 55.4 Å². The number of carbonyl (C=O) groups excluding carboxylic acids is 1. The quantitative estimate of drug-likeness (QED) is 0.451. The molecule has 0 heterocycles. The topological polar surface area (TPSA) is 147 Å². The molecule has 0 radical (unpaired) electrons. The Labute approximate surface area is 103 Å². The molecular formula is C8H13NO8S. The van der Waals surface area contributed by atoms with Gasteiger partial charge in [0.1, 0.15) is 6.04 Å². The van der Waals surface area contributed by atoms with Gasteiger partial charge in [0.25, 0.3) is 0 Å². The largest absolute Gasteiger partial charge is 0.481 e. The highest BCUT2D eigenvalue weighted by molar-refractivity contribution is 7.90. The standard InChI is InChI=1S/C8H13NO8S/c1-17-7(12)4-18(15,16)9-5(8(13)14)2-3-6(10)11/h5,9H,2-4H2,1H3,(H,10,11)(H,13,14). The van der Waals surface area contributed by atoms with E-state index < -0.39 is 52.6 Å². The molecule has 1 unspecified atom stereocenters. The molecule has 0 aliphatic heterocycles. The molecule has 10 heteroatoms. The van der Waals surface area contributed by atoms with Crippen molar-refractivity contribution in [2.75, 3.05) is 12.9 Å². The van der Waals surface area contributed by atoms with Gasteiger partial charge in [0.15, 0.2) is 5.75 Å². The number of hydrogen-bond donors (Lipinski definition) is 3. The molecule has 0 aromatic heterocycles. The van der Waals surface area contributed by atoms with Crippen molar-refractivity contribution < 1.29 is 37.8 Å². The van der Waals surface area contributed by atoms with Crippen molar-refractivity contribution >= 4 is 27.9 Å². The average molecular weight is 283 g/mol. The first-order valence-electron chi connectivity index (χ1n) is 4.69. The van der Waals surface area contributed by atoms with E-state index in [1.54, 1.807) is 4.72 Å². The number of methoxy groups -OCH3 is 1. The zero-order valence-electron chi connectivity index (χ0n) is 9.45. The van der Waals surface area contributed by atoms with Crippen LogP contribution in [0.15, 0.2) is 0 Å². The average Bonchev–Trinajstić information content (AvgIpc) is 2.22. The monoisotopic (exact) mass is 283 g/mol. The molecule has 3 N–H and O–H groups in total. The van der Waals surface area contributed by atoms with E-state index in [1.807, 2.05) is 0 Å². The van der Waals surface area contributed by atoms with Gasteiger partial charge in [0.05, 0.1) is 7.11 Å². The molecule has 0 aliphatic carbocycles. The molecule has 0 spiro atoms. The van der Waals surface area contributed by atoms with E-state index in [2.05, 4.69) is 4.74 Å². The van der Waals surface area contributed by atoms with Crippen LogP contribution in [0.1, 0.15) is 12.8 Å². The molecule has 0 fully saturated rings. The molecule has 1 atom stereocenters. The summed E-state index contributed by atoms with van der Waals surface area (Å²) in [5.41, 5.74) is 0. The number of esters is 1. The number of aliphatic carboxylic acids is 2. The lowest BCUT2D eigenvalue weighted by molar-refractivity contribution is -0.141. The molecule has 0 amide bonds. The SMILES string of the molecule is COC(=O)CS(=O)(=O)NC(CCC(=O)O)C(=O)O. The molecule has 0 aliphatic rings. The summed E-state index contributed by atoms with van der Waals surface area (Å²) in [6.07, 6.45) is -0.942. The Morgan fingerprint density at radius 3 is 2.22 bits per heavy atom. The maximum Gasteiger partial charge on any atom is 0.322 e. The molecule has 0 bridgehead atoms. The minimum absolute atomic E-state index is 0.426. The summed E-state index contributed by atoms with van der Waals surface area (Å²) in [5.74, 6) is -4.86. The van der Waals surface area contributed by atoms with Gasteiger partial charge < -0.3 is 14.9 Å². The number of nitrogens with one attached hydrogen (secondary N) is 1. The van der Waals surface area contributed by atoms with Crippen LogP contribution in [0.25, 0.3) is 0 Å². The molecule has 0 aromatic carbocycles. The number of carboxylic acid groups (broad SMARTS) is 2. The lowest BCUT2D eigenvalue weighted by Gasteiger charge is -2.13. The number of carboxylic acids is 2. The van der Waals surface area contributed by atoms with Gasteiger partial charge in [0, 0.05) is 6.42 Å². The van der Waals surface area contributed by atoms with Gasteiger partial charge in [-0.25, -0.2) is 13.1 Å². The minimum atomic E-state index is -4.18. The zero-order chi connectivity index (χ0) is 14.3. The smallest absolute Gasteiger partial charge is 0.322 e. The fraction of sp³-hybridized carbons (Fsp3) is 0.625. The predicted molar refractivity (Wildman–Crippen MR) is 57.2 cm³/mol. The first-order valence-corrected chi connectivity index (χ1v) is 6.34. The lowest BCUT2D eigenvalue weighted by atomic mass is 10.2. The van der Waals surface area contributed by atoms with Crippen LogP contribution in [0, 0.1) is 0 Å². The number of sulfonamides is 1. The van der Waals surface area contributed by atoms with E-state index in [4.69, 9.17) is 10.2 Å². The Hall–Kier alpha value is -1.68. The van der Waals surface area contributed by atoms with Crippen LogP contribution in [0.3, 0.4) is 0 Å². The second kappa shape index (κ2) is 6.91. The first kappa shape index (κ1) is 16.3. The van der Waals surface area contributed by atoms with Gasteiger partial charge in [-0.05, 0) is 6.42 Å². The van der Waals surface area contributed by atoms with E-state index in [0.29, 0.717) is 0 Å². The first-order chi connectivity index (χ1) is 8.18. The third-order valence-electron chi connectivity index (χ3n) is 1.80. The van der Waals surface area contributed by atoms with Gasteiger partial charge in [-0.15, -0.1) is 0 Å². The second-order valence-electron chi connectivity index (χ2n) is 3.28. The van der Waals surface area contributed by atoms with Crippen molar-refractivity contribution in [2.45, 2.75) is 18.9 Å². The van der Waals surface area contributed by atoms with Crippen molar-refractivity contribution in [1.29, 1.82) is 0 Å². The number of ether oxygens (including phenoxy) is 1. The molecule has 0 saturated heterocycles. The second-order valence-corrected chi connectivity index (χ2v) is 5.03. The van der Waals surface area contributed by atoms with E-state index in [-0.39, 0.29) is 0 Å². The highest BCUT2D eigenvalue weighted by Crippen LogP contribution is 2.01. The molecule has 9 nitrogen and oxygen atoms in total.